The molecule has 7 nitrogen and oxygen atoms in total. The van der Waals surface area contributed by atoms with E-state index in [4.69, 9.17) is 4.98 Å². The highest BCUT2D eigenvalue weighted by atomic mass is 32.1. The van der Waals surface area contributed by atoms with Crippen LogP contribution in [-0.2, 0) is 11.8 Å². The standard InChI is InChI=1S/C18H22N6OS/c1-19-16(12-10-20-23(2)11-12)17(25)21-13-5-6-14-15(9-13)26-18(22-14)24-7-3-4-8-24/h5-6,9-11,16,19H,3-4,7-8H2,1-2H3,(H,21,25). The number of likely N-dealkylation sites (N-methyl/N-ethyl adjacent to an activating group) is 1. The molecule has 1 aliphatic rings. The smallest absolute Gasteiger partial charge is 0.246 e. The van der Waals surface area contributed by atoms with Gasteiger partial charge in [-0.2, -0.15) is 5.10 Å². The average Bonchev–Trinajstić information content (AvgIpc) is 3.35. The molecule has 26 heavy (non-hydrogen) atoms. The van der Waals surface area contributed by atoms with E-state index in [-0.39, 0.29) is 5.91 Å². The molecule has 0 radical (unpaired) electrons. The van der Waals surface area contributed by atoms with Crippen LogP contribution < -0.4 is 15.5 Å². The minimum Gasteiger partial charge on any atom is -0.348 e. The van der Waals surface area contributed by atoms with E-state index in [1.54, 1.807) is 29.3 Å². The van der Waals surface area contributed by atoms with Crippen LogP contribution in [0.2, 0.25) is 0 Å². The van der Waals surface area contributed by atoms with Crippen LogP contribution in [0.1, 0.15) is 24.4 Å². The molecule has 136 valence electrons. The second-order valence-electron chi connectivity index (χ2n) is 6.53. The highest BCUT2D eigenvalue weighted by Crippen LogP contribution is 2.32. The van der Waals surface area contributed by atoms with E-state index in [0.717, 1.165) is 39.7 Å². The van der Waals surface area contributed by atoms with Gasteiger partial charge in [-0.25, -0.2) is 4.98 Å². The average molecular weight is 370 g/mol. The van der Waals surface area contributed by atoms with Crippen molar-refractivity contribution in [2.75, 3.05) is 30.4 Å². The molecule has 3 heterocycles. The van der Waals surface area contributed by atoms with E-state index < -0.39 is 6.04 Å². The van der Waals surface area contributed by atoms with E-state index in [1.807, 2.05) is 31.4 Å². The van der Waals surface area contributed by atoms with Crippen molar-refractivity contribution in [2.45, 2.75) is 18.9 Å². The minimum atomic E-state index is -0.444. The first kappa shape index (κ1) is 17.0. The number of thiazole rings is 1. The van der Waals surface area contributed by atoms with Gasteiger partial charge in [-0.15, -0.1) is 0 Å². The van der Waals surface area contributed by atoms with E-state index in [2.05, 4.69) is 20.6 Å². The summed E-state index contributed by atoms with van der Waals surface area (Å²) in [5, 5.41) is 11.3. The third-order valence-electron chi connectivity index (χ3n) is 4.63. The first-order valence-electron chi connectivity index (χ1n) is 8.76. The lowest BCUT2D eigenvalue weighted by Gasteiger charge is -2.14. The monoisotopic (exact) mass is 370 g/mol. The summed E-state index contributed by atoms with van der Waals surface area (Å²) in [6.45, 7) is 2.16. The fourth-order valence-electron chi connectivity index (χ4n) is 3.29. The van der Waals surface area contributed by atoms with Crippen molar-refractivity contribution in [3.63, 3.8) is 0 Å². The summed E-state index contributed by atoms with van der Waals surface area (Å²) in [6, 6.07) is 5.44. The number of carbonyl (C=O) groups is 1. The van der Waals surface area contributed by atoms with Gasteiger partial charge in [-0.3, -0.25) is 9.48 Å². The molecule has 0 saturated carbocycles. The Morgan fingerprint density at radius 1 is 1.31 bits per heavy atom. The summed E-state index contributed by atoms with van der Waals surface area (Å²) in [7, 11) is 3.61. The maximum absolute atomic E-state index is 12.7. The number of amides is 1. The maximum Gasteiger partial charge on any atom is 0.246 e. The summed E-state index contributed by atoms with van der Waals surface area (Å²) in [5.41, 5.74) is 2.60. The summed E-state index contributed by atoms with van der Waals surface area (Å²) in [5.74, 6) is -0.107. The number of benzene rings is 1. The summed E-state index contributed by atoms with van der Waals surface area (Å²) in [4.78, 5) is 19.7. The number of rotatable bonds is 5. The minimum absolute atomic E-state index is 0.107. The lowest BCUT2D eigenvalue weighted by molar-refractivity contribution is -0.118. The van der Waals surface area contributed by atoms with E-state index in [0.29, 0.717) is 0 Å². The van der Waals surface area contributed by atoms with Crippen molar-refractivity contribution < 1.29 is 4.79 Å². The number of anilines is 2. The Hall–Kier alpha value is -2.45. The molecule has 4 rings (SSSR count). The highest BCUT2D eigenvalue weighted by molar-refractivity contribution is 7.22. The summed E-state index contributed by atoms with van der Waals surface area (Å²) >= 11 is 1.68. The maximum atomic E-state index is 12.7. The van der Waals surface area contributed by atoms with Gasteiger partial charge in [-0.1, -0.05) is 11.3 Å². The van der Waals surface area contributed by atoms with Crippen LogP contribution in [0.25, 0.3) is 10.2 Å². The van der Waals surface area contributed by atoms with Gasteiger partial charge in [0.25, 0.3) is 0 Å². The lowest BCUT2D eigenvalue weighted by atomic mass is 10.1. The number of hydrogen-bond acceptors (Lipinski definition) is 6. The van der Waals surface area contributed by atoms with Crippen molar-refractivity contribution in [3.05, 3.63) is 36.2 Å². The Balaban J connectivity index is 1.53. The Bertz CT molecular complexity index is 927. The summed E-state index contributed by atoms with van der Waals surface area (Å²) in [6.07, 6.45) is 6.01. The molecule has 1 fully saturated rings. The van der Waals surface area contributed by atoms with Crippen molar-refractivity contribution in [1.29, 1.82) is 0 Å². The van der Waals surface area contributed by atoms with E-state index >= 15 is 0 Å². The number of aryl methyl sites for hydroxylation is 1. The molecule has 0 bridgehead atoms. The second kappa shape index (κ2) is 7.05. The summed E-state index contributed by atoms with van der Waals surface area (Å²) < 4.78 is 2.78. The molecule has 0 aliphatic carbocycles. The Morgan fingerprint density at radius 2 is 2.12 bits per heavy atom. The zero-order chi connectivity index (χ0) is 18.1. The fraction of sp³-hybridized carbons (Fsp3) is 0.389. The van der Waals surface area contributed by atoms with Crippen molar-refractivity contribution in [3.8, 4) is 0 Å². The number of carbonyl (C=O) groups excluding carboxylic acids is 1. The number of nitrogens with zero attached hydrogens (tertiary/aromatic N) is 4. The third kappa shape index (κ3) is 3.30. The predicted octanol–water partition coefficient (Wildman–Crippen LogP) is 2.53. The normalized spacial score (nSPS) is 15.5. The van der Waals surface area contributed by atoms with Crippen LogP contribution in [0.3, 0.4) is 0 Å². The van der Waals surface area contributed by atoms with Crippen LogP contribution in [0, 0.1) is 0 Å². The van der Waals surface area contributed by atoms with Gasteiger partial charge in [-0.05, 0) is 38.1 Å². The van der Waals surface area contributed by atoms with Gasteiger partial charge in [0.05, 0.1) is 16.4 Å². The van der Waals surface area contributed by atoms with Crippen molar-refractivity contribution >= 4 is 38.3 Å². The van der Waals surface area contributed by atoms with Gasteiger partial charge in [0.2, 0.25) is 5.91 Å². The molecule has 2 aromatic heterocycles. The predicted molar refractivity (Wildman–Crippen MR) is 105 cm³/mol. The Morgan fingerprint density at radius 3 is 2.81 bits per heavy atom. The van der Waals surface area contributed by atoms with E-state index in [9.17, 15) is 4.79 Å². The zero-order valence-corrected chi connectivity index (χ0v) is 15.7. The van der Waals surface area contributed by atoms with Gasteiger partial charge < -0.3 is 15.5 Å². The SMILES string of the molecule is CNC(C(=O)Nc1ccc2nc(N3CCCC3)sc2c1)c1cnn(C)c1. The third-order valence-corrected chi connectivity index (χ3v) is 5.71. The fourth-order valence-corrected chi connectivity index (χ4v) is 4.34. The number of aromatic nitrogens is 3. The number of nitrogens with one attached hydrogen (secondary N) is 2. The zero-order valence-electron chi connectivity index (χ0n) is 14.9. The largest absolute Gasteiger partial charge is 0.348 e. The van der Waals surface area contributed by atoms with Crippen LogP contribution in [-0.4, -0.2) is 40.8 Å². The molecule has 1 aliphatic heterocycles. The van der Waals surface area contributed by atoms with Crippen LogP contribution >= 0.6 is 11.3 Å². The molecule has 1 saturated heterocycles. The van der Waals surface area contributed by atoms with Crippen molar-refractivity contribution in [1.82, 2.24) is 20.1 Å². The van der Waals surface area contributed by atoms with Gasteiger partial charge in [0.1, 0.15) is 6.04 Å². The Labute approximate surface area is 156 Å². The van der Waals surface area contributed by atoms with Gasteiger partial charge in [0, 0.05) is 37.6 Å². The molecule has 1 atom stereocenters. The molecule has 1 aromatic carbocycles. The van der Waals surface area contributed by atoms with Gasteiger partial charge in [0.15, 0.2) is 5.13 Å². The number of fused-ring (bicyclic) bond motifs is 1. The van der Waals surface area contributed by atoms with Crippen molar-refractivity contribution in [2.24, 2.45) is 7.05 Å². The molecule has 3 aromatic rings. The second-order valence-corrected chi connectivity index (χ2v) is 7.54. The molecule has 0 spiro atoms. The first-order valence-corrected chi connectivity index (χ1v) is 9.58. The van der Waals surface area contributed by atoms with Crippen LogP contribution in [0.5, 0.6) is 0 Å². The first-order chi connectivity index (χ1) is 12.6. The number of hydrogen-bond donors (Lipinski definition) is 2. The molecular weight excluding hydrogens is 348 g/mol. The quantitative estimate of drug-likeness (QED) is 0.722. The Kier molecular flexibility index (Phi) is 4.60. The molecule has 8 heteroatoms. The molecule has 2 N–H and O–H groups in total. The topological polar surface area (TPSA) is 75.1 Å². The van der Waals surface area contributed by atoms with Gasteiger partial charge >= 0.3 is 0 Å². The molecule has 1 amide bonds. The molecular formula is C18H22N6OS. The lowest BCUT2D eigenvalue weighted by Crippen LogP contribution is -2.30. The highest BCUT2D eigenvalue weighted by Gasteiger charge is 2.21. The van der Waals surface area contributed by atoms with E-state index in [1.165, 1.54) is 12.8 Å². The van der Waals surface area contributed by atoms with Crippen LogP contribution in [0.15, 0.2) is 30.6 Å². The molecule has 1 unspecified atom stereocenters. The van der Waals surface area contributed by atoms with Crippen LogP contribution in [0.4, 0.5) is 10.8 Å².